The number of benzene rings is 3. The first-order chi connectivity index (χ1) is 18.1. The quantitative estimate of drug-likeness (QED) is 0.326. The van der Waals surface area contributed by atoms with Crippen LogP contribution in [-0.2, 0) is 0 Å². The number of nitrogens with one attached hydrogen (secondary N) is 1. The van der Waals surface area contributed by atoms with Crippen LogP contribution in [0.2, 0.25) is 0 Å². The molecule has 2 heterocycles. The van der Waals surface area contributed by atoms with Crippen molar-refractivity contribution in [3.63, 3.8) is 0 Å². The molecular weight excluding hydrogens is 456 g/mol. The Bertz CT molecular complexity index is 1510. The summed E-state index contributed by atoms with van der Waals surface area (Å²) in [5, 5.41) is 1.20. The number of nitrogens with zero attached hydrogens (tertiary/aromatic N) is 1. The number of para-hydroxylation sites is 1. The van der Waals surface area contributed by atoms with Gasteiger partial charge in [-0.05, 0) is 86.1 Å². The molecule has 9 rings (SSSR count). The van der Waals surface area contributed by atoms with Gasteiger partial charge in [-0.15, -0.1) is 0 Å². The van der Waals surface area contributed by atoms with Crippen molar-refractivity contribution in [2.24, 2.45) is 17.8 Å². The lowest BCUT2D eigenvalue weighted by Gasteiger charge is -2.61. The normalized spacial score (nSPS) is 29.8. The molecule has 1 aromatic heterocycles. The average Bonchev–Trinajstić information content (AvgIpc) is 3.43. The first-order valence-corrected chi connectivity index (χ1v) is 13.8. The van der Waals surface area contributed by atoms with Gasteiger partial charge in [0, 0.05) is 33.1 Å². The number of carbonyl (C=O) groups is 1. The standard InChI is InChI=1S/C33H32N2O2/c1-37-24-8-6-7-23(16-24)30-29(27-11-4-5-12-28(27)34-30)31-25-9-2-3-10-26(25)32(36)35(31)33-17-20-13-21(18-33)15-22(14-20)19-33/h2-12,16,20-22,31,34H,13-15,17-19H2,1H3/t20?,21?,22?,31-,33?/m1/s1. The third-order valence-corrected chi connectivity index (χ3v) is 9.86. The van der Waals surface area contributed by atoms with Gasteiger partial charge in [-0.25, -0.2) is 0 Å². The zero-order chi connectivity index (χ0) is 24.7. The summed E-state index contributed by atoms with van der Waals surface area (Å²) in [7, 11) is 1.71. The minimum atomic E-state index is -0.0997. The Morgan fingerprint density at radius 3 is 2.32 bits per heavy atom. The zero-order valence-electron chi connectivity index (χ0n) is 21.2. The molecule has 0 spiro atoms. The monoisotopic (exact) mass is 488 g/mol. The van der Waals surface area contributed by atoms with Gasteiger partial charge in [0.25, 0.3) is 5.91 Å². The van der Waals surface area contributed by atoms with E-state index >= 15 is 0 Å². The number of aromatic amines is 1. The number of hydrogen-bond acceptors (Lipinski definition) is 2. The predicted molar refractivity (Wildman–Crippen MR) is 146 cm³/mol. The molecule has 4 heteroatoms. The van der Waals surface area contributed by atoms with Crippen LogP contribution in [0.25, 0.3) is 22.2 Å². The van der Waals surface area contributed by atoms with Gasteiger partial charge in [0.2, 0.25) is 0 Å². The van der Waals surface area contributed by atoms with Crippen molar-refractivity contribution < 1.29 is 9.53 Å². The fourth-order valence-corrected chi connectivity index (χ4v) is 8.90. The molecule has 4 nitrogen and oxygen atoms in total. The van der Waals surface area contributed by atoms with E-state index < -0.39 is 0 Å². The van der Waals surface area contributed by atoms with Gasteiger partial charge in [-0.3, -0.25) is 4.79 Å². The molecule has 4 saturated carbocycles. The molecule has 5 aliphatic rings. The lowest BCUT2D eigenvalue weighted by Crippen LogP contribution is -2.61. The van der Waals surface area contributed by atoms with Crippen molar-refractivity contribution >= 4 is 16.8 Å². The first-order valence-electron chi connectivity index (χ1n) is 13.8. The molecule has 0 saturated heterocycles. The average molecular weight is 489 g/mol. The molecule has 4 bridgehead atoms. The summed E-state index contributed by atoms with van der Waals surface area (Å²) in [5.74, 6) is 3.37. The van der Waals surface area contributed by atoms with Crippen molar-refractivity contribution in [1.82, 2.24) is 9.88 Å². The minimum absolute atomic E-state index is 0.0421. The number of ether oxygens (including phenoxy) is 1. The Balaban J connectivity index is 1.39. The van der Waals surface area contributed by atoms with Gasteiger partial charge in [0.1, 0.15) is 5.75 Å². The van der Waals surface area contributed by atoms with Gasteiger partial charge in [-0.1, -0.05) is 48.5 Å². The maximum absolute atomic E-state index is 14.4. The lowest BCUT2D eigenvalue weighted by atomic mass is 9.52. The Hall–Kier alpha value is -3.53. The maximum Gasteiger partial charge on any atom is 0.255 e. The van der Waals surface area contributed by atoms with Crippen LogP contribution in [0.3, 0.4) is 0 Å². The van der Waals surface area contributed by atoms with E-state index in [0.29, 0.717) is 0 Å². The van der Waals surface area contributed by atoms with Gasteiger partial charge in [-0.2, -0.15) is 0 Å². The van der Waals surface area contributed by atoms with E-state index in [1.165, 1.54) is 30.2 Å². The van der Waals surface area contributed by atoms with Crippen molar-refractivity contribution in [3.8, 4) is 17.0 Å². The van der Waals surface area contributed by atoms with E-state index in [0.717, 1.165) is 70.7 Å². The largest absolute Gasteiger partial charge is 0.497 e. The molecule has 37 heavy (non-hydrogen) atoms. The molecule has 4 aliphatic carbocycles. The Morgan fingerprint density at radius 2 is 1.57 bits per heavy atom. The van der Waals surface area contributed by atoms with Gasteiger partial charge in [0.15, 0.2) is 0 Å². The Kier molecular flexibility index (Phi) is 4.51. The highest BCUT2D eigenvalue weighted by molar-refractivity contribution is 6.02. The summed E-state index contributed by atoms with van der Waals surface area (Å²) in [4.78, 5) is 20.5. The number of hydrogen-bond donors (Lipinski definition) is 1. The van der Waals surface area contributed by atoms with Gasteiger partial charge in [0.05, 0.1) is 18.8 Å². The molecule has 0 radical (unpaired) electrons. The van der Waals surface area contributed by atoms with E-state index in [1.807, 2.05) is 24.3 Å². The predicted octanol–water partition coefficient (Wildman–Crippen LogP) is 7.36. The van der Waals surface area contributed by atoms with Crippen LogP contribution >= 0.6 is 0 Å². The van der Waals surface area contributed by atoms with Crippen molar-refractivity contribution in [1.29, 1.82) is 0 Å². The van der Waals surface area contributed by atoms with Crippen LogP contribution in [0.5, 0.6) is 5.75 Å². The van der Waals surface area contributed by atoms with E-state index in [9.17, 15) is 4.79 Å². The highest BCUT2D eigenvalue weighted by Gasteiger charge is 2.58. The highest BCUT2D eigenvalue weighted by atomic mass is 16.5. The number of rotatable bonds is 4. The summed E-state index contributed by atoms with van der Waals surface area (Å²) >= 11 is 0. The molecule has 4 fully saturated rings. The Labute approximate surface area is 217 Å². The highest BCUT2D eigenvalue weighted by Crippen LogP contribution is 2.61. The second-order valence-electron chi connectivity index (χ2n) is 12.0. The van der Waals surface area contributed by atoms with E-state index in [2.05, 4.69) is 58.4 Å². The van der Waals surface area contributed by atoms with E-state index in [4.69, 9.17) is 4.74 Å². The van der Waals surface area contributed by atoms with Gasteiger partial charge >= 0.3 is 0 Å². The van der Waals surface area contributed by atoms with E-state index in [1.54, 1.807) is 7.11 Å². The fourth-order valence-electron chi connectivity index (χ4n) is 8.90. The Morgan fingerprint density at radius 1 is 0.865 bits per heavy atom. The second-order valence-corrected chi connectivity index (χ2v) is 12.0. The van der Waals surface area contributed by atoms with Crippen LogP contribution in [0.4, 0.5) is 0 Å². The molecule has 1 N–H and O–H groups in total. The number of fused-ring (bicyclic) bond motifs is 2. The molecular formula is C33H32N2O2. The second kappa shape index (κ2) is 7.74. The molecule has 186 valence electrons. The number of aromatic nitrogens is 1. The molecule has 1 aliphatic heterocycles. The number of methoxy groups -OCH3 is 1. The molecule has 1 amide bonds. The number of H-pyrrole nitrogens is 1. The van der Waals surface area contributed by atoms with Crippen molar-refractivity contribution in [3.05, 3.63) is 89.5 Å². The van der Waals surface area contributed by atoms with Crippen LogP contribution in [0.15, 0.2) is 72.8 Å². The summed E-state index contributed by atoms with van der Waals surface area (Å²) in [6.07, 6.45) is 7.56. The third kappa shape index (κ3) is 3.05. The smallest absolute Gasteiger partial charge is 0.255 e. The number of amides is 1. The summed E-state index contributed by atoms with van der Waals surface area (Å²) < 4.78 is 5.60. The van der Waals surface area contributed by atoms with Crippen LogP contribution in [-0.4, -0.2) is 28.4 Å². The molecule has 0 unspecified atom stereocenters. The van der Waals surface area contributed by atoms with Crippen molar-refractivity contribution in [2.75, 3.05) is 7.11 Å². The first kappa shape index (κ1) is 21.5. The number of carbonyl (C=O) groups excluding carboxylic acids is 1. The summed E-state index contributed by atoms with van der Waals surface area (Å²) in [6.45, 7) is 0. The lowest BCUT2D eigenvalue weighted by molar-refractivity contribution is -0.0805. The van der Waals surface area contributed by atoms with E-state index in [-0.39, 0.29) is 17.5 Å². The third-order valence-electron chi connectivity index (χ3n) is 9.86. The molecule has 4 aromatic rings. The molecule has 1 atom stereocenters. The summed E-state index contributed by atoms with van der Waals surface area (Å²) in [6, 6.07) is 25.1. The fraction of sp³-hybridized carbons (Fsp3) is 0.364. The van der Waals surface area contributed by atoms with Crippen LogP contribution in [0.1, 0.15) is 66.1 Å². The van der Waals surface area contributed by atoms with Crippen LogP contribution in [0, 0.1) is 17.8 Å². The zero-order valence-corrected chi connectivity index (χ0v) is 21.2. The maximum atomic E-state index is 14.4. The topological polar surface area (TPSA) is 45.3 Å². The minimum Gasteiger partial charge on any atom is -0.497 e. The molecule has 3 aromatic carbocycles. The SMILES string of the molecule is COc1cccc(-c2[nH]c3ccccc3c2[C@H]2c3ccccc3C(=O)N2C23CC4CC(CC(C4)C2)C3)c1. The van der Waals surface area contributed by atoms with Crippen LogP contribution < -0.4 is 4.74 Å². The van der Waals surface area contributed by atoms with Crippen molar-refractivity contribution in [2.45, 2.75) is 50.1 Å². The summed E-state index contributed by atoms with van der Waals surface area (Å²) in [5.41, 5.74) is 6.49. The van der Waals surface area contributed by atoms with Gasteiger partial charge < -0.3 is 14.6 Å².